The molecule has 0 amide bonds. The summed E-state index contributed by atoms with van der Waals surface area (Å²) in [6, 6.07) is 17.5. The average molecular weight is 282 g/mol. The number of rotatable bonds is 6. The molecule has 2 nitrogen and oxygen atoms in total. The summed E-state index contributed by atoms with van der Waals surface area (Å²) < 4.78 is 0. The van der Waals surface area contributed by atoms with Gasteiger partial charge in [0.15, 0.2) is 0 Å². The molecule has 0 aliphatic rings. The monoisotopic (exact) mass is 282 g/mol. The van der Waals surface area contributed by atoms with Gasteiger partial charge in [-0.1, -0.05) is 61.0 Å². The Hall–Kier alpha value is -1.64. The summed E-state index contributed by atoms with van der Waals surface area (Å²) in [6.07, 6.45) is 0. The molecule has 112 valence electrons. The normalized spacial score (nSPS) is 12.6. The second-order valence-electron chi connectivity index (χ2n) is 6.04. The van der Waals surface area contributed by atoms with Crippen LogP contribution >= 0.6 is 0 Å². The molecule has 2 rings (SSSR count). The van der Waals surface area contributed by atoms with E-state index >= 15 is 0 Å². The molecular formula is C19H26N2. The topological polar surface area (TPSA) is 29.3 Å². The van der Waals surface area contributed by atoms with Gasteiger partial charge in [-0.05, 0) is 43.1 Å². The first-order valence-corrected chi connectivity index (χ1v) is 7.61. The number of nitrogens with zero attached hydrogens (tertiary/aromatic N) is 1. The van der Waals surface area contributed by atoms with Gasteiger partial charge in [-0.15, -0.1) is 0 Å². The standard InChI is InChI=1S/C19H26N2/c1-15-5-4-6-18(11-15)14-21(3)13-17-7-9-19(10-8-17)16(2)12-20/h4-11,16H,12-14,20H2,1-3H3. The Morgan fingerprint density at radius 2 is 1.67 bits per heavy atom. The SMILES string of the molecule is Cc1cccc(CN(C)Cc2ccc(C(C)CN)cc2)c1. The van der Waals surface area contributed by atoms with Gasteiger partial charge in [-0.3, -0.25) is 4.90 Å². The van der Waals surface area contributed by atoms with E-state index in [9.17, 15) is 0 Å². The zero-order valence-corrected chi connectivity index (χ0v) is 13.3. The van der Waals surface area contributed by atoms with E-state index in [0.717, 1.165) is 13.1 Å². The van der Waals surface area contributed by atoms with Crippen molar-refractivity contribution in [3.05, 3.63) is 70.8 Å². The molecule has 2 N–H and O–H groups in total. The molecule has 1 unspecified atom stereocenters. The second kappa shape index (κ2) is 7.39. The van der Waals surface area contributed by atoms with Crippen LogP contribution in [0.1, 0.15) is 35.1 Å². The highest BCUT2D eigenvalue weighted by molar-refractivity contribution is 5.26. The van der Waals surface area contributed by atoms with Crippen molar-refractivity contribution in [1.82, 2.24) is 4.90 Å². The molecule has 0 saturated heterocycles. The smallest absolute Gasteiger partial charge is 0.0234 e. The number of hydrogen-bond donors (Lipinski definition) is 1. The van der Waals surface area contributed by atoms with E-state index < -0.39 is 0 Å². The lowest BCUT2D eigenvalue weighted by molar-refractivity contribution is 0.319. The van der Waals surface area contributed by atoms with Crippen molar-refractivity contribution < 1.29 is 0 Å². The van der Waals surface area contributed by atoms with Gasteiger partial charge in [0, 0.05) is 13.1 Å². The predicted octanol–water partition coefficient (Wildman–Crippen LogP) is 3.69. The van der Waals surface area contributed by atoms with Gasteiger partial charge >= 0.3 is 0 Å². The molecule has 0 aromatic heterocycles. The van der Waals surface area contributed by atoms with Crippen LogP contribution in [-0.2, 0) is 13.1 Å². The van der Waals surface area contributed by atoms with Crippen LogP contribution < -0.4 is 5.73 Å². The fourth-order valence-electron chi connectivity index (χ4n) is 2.58. The van der Waals surface area contributed by atoms with E-state index in [4.69, 9.17) is 5.73 Å². The van der Waals surface area contributed by atoms with Crippen molar-refractivity contribution in [1.29, 1.82) is 0 Å². The minimum Gasteiger partial charge on any atom is -0.330 e. The van der Waals surface area contributed by atoms with Crippen molar-refractivity contribution in [2.24, 2.45) is 5.73 Å². The van der Waals surface area contributed by atoms with Crippen molar-refractivity contribution in [2.75, 3.05) is 13.6 Å². The van der Waals surface area contributed by atoms with Crippen LogP contribution in [-0.4, -0.2) is 18.5 Å². The van der Waals surface area contributed by atoms with Crippen molar-refractivity contribution in [3.8, 4) is 0 Å². The number of nitrogens with two attached hydrogens (primary N) is 1. The molecule has 2 aromatic carbocycles. The summed E-state index contributed by atoms with van der Waals surface area (Å²) in [6.45, 7) is 6.94. The lowest BCUT2D eigenvalue weighted by Gasteiger charge is -2.18. The van der Waals surface area contributed by atoms with Crippen LogP contribution in [0.2, 0.25) is 0 Å². The van der Waals surface area contributed by atoms with E-state index in [1.54, 1.807) is 0 Å². The molecule has 0 bridgehead atoms. The lowest BCUT2D eigenvalue weighted by atomic mass is 10.00. The maximum atomic E-state index is 5.71. The van der Waals surface area contributed by atoms with Crippen LogP contribution in [0.3, 0.4) is 0 Å². The van der Waals surface area contributed by atoms with E-state index in [-0.39, 0.29) is 0 Å². The highest BCUT2D eigenvalue weighted by atomic mass is 15.1. The Morgan fingerprint density at radius 1 is 1.00 bits per heavy atom. The number of hydrogen-bond acceptors (Lipinski definition) is 2. The molecule has 0 aliphatic carbocycles. The van der Waals surface area contributed by atoms with Gasteiger partial charge in [0.2, 0.25) is 0 Å². The maximum absolute atomic E-state index is 5.71. The Morgan fingerprint density at radius 3 is 2.29 bits per heavy atom. The highest BCUT2D eigenvalue weighted by Crippen LogP contribution is 2.16. The van der Waals surface area contributed by atoms with E-state index in [0.29, 0.717) is 12.5 Å². The van der Waals surface area contributed by atoms with Crippen LogP contribution in [0.4, 0.5) is 0 Å². The molecule has 0 aliphatic heterocycles. The van der Waals surface area contributed by atoms with Crippen molar-refractivity contribution in [2.45, 2.75) is 32.9 Å². The zero-order chi connectivity index (χ0) is 15.2. The minimum absolute atomic E-state index is 0.434. The summed E-state index contributed by atoms with van der Waals surface area (Å²) in [5.74, 6) is 0.434. The molecule has 0 heterocycles. The average Bonchev–Trinajstić information content (AvgIpc) is 2.47. The molecule has 0 fully saturated rings. The fourth-order valence-corrected chi connectivity index (χ4v) is 2.58. The summed E-state index contributed by atoms with van der Waals surface area (Å²) in [5, 5.41) is 0. The Bertz CT molecular complexity index is 560. The van der Waals surface area contributed by atoms with Gasteiger partial charge in [-0.25, -0.2) is 0 Å². The molecule has 2 aromatic rings. The molecule has 1 atom stereocenters. The minimum atomic E-state index is 0.434. The molecule has 0 spiro atoms. The van der Waals surface area contributed by atoms with Gasteiger partial charge in [0.1, 0.15) is 0 Å². The summed E-state index contributed by atoms with van der Waals surface area (Å²) in [4.78, 5) is 2.34. The quantitative estimate of drug-likeness (QED) is 0.875. The third-order valence-electron chi connectivity index (χ3n) is 3.89. The first kappa shape index (κ1) is 15.7. The molecule has 0 radical (unpaired) electrons. The van der Waals surface area contributed by atoms with E-state index in [1.807, 2.05) is 0 Å². The fraction of sp³-hybridized carbons (Fsp3) is 0.368. The lowest BCUT2D eigenvalue weighted by Crippen LogP contribution is -2.17. The molecule has 21 heavy (non-hydrogen) atoms. The first-order chi connectivity index (χ1) is 10.1. The second-order valence-corrected chi connectivity index (χ2v) is 6.04. The Kier molecular flexibility index (Phi) is 5.54. The Balaban J connectivity index is 1.94. The van der Waals surface area contributed by atoms with Gasteiger partial charge in [-0.2, -0.15) is 0 Å². The van der Waals surface area contributed by atoms with Gasteiger partial charge in [0.05, 0.1) is 0 Å². The maximum Gasteiger partial charge on any atom is 0.0234 e. The van der Waals surface area contributed by atoms with Gasteiger partial charge < -0.3 is 5.73 Å². The molecule has 2 heteroatoms. The van der Waals surface area contributed by atoms with Gasteiger partial charge in [0.25, 0.3) is 0 Å². The molecular weight excluding hydrogens is 256 g/mol. The van der Waals surface area contributed by atoms with E-state index in [2.05, 4.69) is 74.3 Å². The third-order valence-corrected chi connectivity index (χ3v) is 3.89. The van der Waals surface area contributed by atoms with Crippen LogP contribution in [0.5, 0.6) is 0 Å². The van der Waals surface area contributed by atoms with Crippen LogP contribution in [0, 0.1) is 6.92 Å². The summed E-state index contributed by atoms with van der Waals surface area (Å²) in [5.41, 5.74) is 11.1. The third kappa shape index (κ3) is 4.69. The summed E-state index contributed by atoms with van der Waals surface area (Å²) in [7, 11) is 2.17. The first-order valence-electron chi connectivity index (χ1n) is 7.61. The van der Waals surface area contributed by atoms with Crippen LogP contribution in [0.25, 0.3) is 0 Å². The molecule has 0 saturated carbocycles. The van der Waals surface area contributed by atoms with Crippen molar-refractivity contribution in [3.63, 3.8) is 0 Å². The van der Waals surface area contributed by atoms with Crippen molar-refractivity contribution >= 4 is 0 Å². The zero-order valence-electron chi connectivity index (χ0n) is 13.3. The number of aryl methyl sites for hydroxylation is 1. The van der Waals surface area contributed by atoms with Crippen LogP contribution in [0.15, 0.2) is 48.5 Å². The Labute approximate surface area is 128 Å². The highest BCUT2D eigenvalue weighted by Gasteiger charge is 2.05. The largest absolute Gasteiger partial charge is 0.330 e. The predicted molar refractivity (Wildman–Crippen MR) is 90.3 cm³/mol. The van der Waals surface area contributed by atoms with E-state index in [1.165, 1.54) is 22.3 Å². The number of benzene rings is 2. The summed E-state index contributed by atoms with van der Waals surface area (Å²) >= 11 is 0.